The zero-order chi connectivity index (χ0) is 18.3. The van der Waals surface area contributed by atoms with Gasteiger partial charge >= 0.3 is 5.97 Å². The van der Waals surface area contributed by atoms with Crippen LogP contribution < -0.4 is 9.64 Å². The lowest BCUT2D eigenvalue weighted by atomic mass is 10.0. The molecular weight excluding hydrogens is 357 g/mol. The molecule has 3 aromatic rings. The van der Waals surface area contributed by atoms with E-state index in [0.717, 1.165) is 16.3 Å². The number of rotatable bonds is 3. The molecule has 0 bridgehead atoms. The maximum Gasteiger partial charge on any atom is 0.341 e. The van der Waals surface area contributed by atoms with Crippen molar-refractivity contribution in [3.63, 3.8) is 0 Å². The number of benzene rings is 3. The number of carbonyl (C=O) groups is 1. The molecule has 132 valence electrons. The van der Waals surface area contributed by atoms with Gasteiger partial charge in [-0.1, -0.05) is 54.1 Å². The first-order valence-corrected chi connectivity index (χ1v) is 8.53. The molecule has 0 saturated carbocycles. The molecule has 0 atom stereocenters. The van der Waals surface area contributed by atoms with E-state index in [1.165, 1.54) is 6.07 Å². The fourth-order valence-electron chi connectivity index (χ4n) is 3.38. The molecule has 0 saturated heterocycles. The summed E-state index contributed by atoms with van der Waals surface area (Å²) in [5, 5.41) is 11.4. The summed E-state index contributed by atoms with van der Waals surface area (Å²) in [6, 6.07) is 15.3. The SMILES string of the molecule is O=C(O)c1c(F)c(Cl)cc2c1N(Cc1cccc3ccccc13)CCO2. The predicted octanol–water partition coefficient (Wildman–Crippen LogP) is 4.73. The van der Waals surface area contributed by atoms with Gasteiger partial charge in [0.1, 0.15) is 17.9 Å². The van der Waals surface area contributed by atoms with Gasteiger partial charge in [0.2, 0.25) is 0 Å². The lowest BCUT2D eigenvalue weighted by molar-refractivity contribution is 0.0691. The first kappa shape index (κ1) is 16.7. The minimum atomic E-state index is -1.37. The lowest BCUT2D eigenvalue weighted by Gasteiger charge is -2.33. The van der Waals surface area contributed by atoms with Crippen LogP contribution in [0, 0.1) is 5.82 Å². The minimum Gasteiger partial charge on any atom is -0.489 e. The molecule has 1 aliphatic rings. The van der Waals surface area contributed by atoms with Crippen LogP contribution in [-0.4, -0.2) is 24.2 Å². The Morgan fingerprint density at radius 3 is 2.81 bits per heavy atom. The standard InChI is InChI=1S/C20H15ClFNO3/c21-15-10-16-19(17(18(15)22)20(24)25)23(8-9-26-16)11-13-6-3-5-12-4-1-2-7-14(12)13/h1-7,10H,8-9,11H2,(H,24,25). The summed E-state index contributed by atoms with van der Waals surface area (Å²) in [6.45, 7) is 1.27. The lowest BCUT2D eigenvalue weighted by Crippen LogP contribution is -2.34. The number of carboxylic acids is 1. The summed E-state index contributed by atoms with van der Waals surface area (Å²) in [6.07, 6.45) is 0. The Morgan fingerprint density at radius 1 is 1.23 bits per heavy atom. The molecular formula is C20H15ClFNO3. The Kier molecular flexibility index (Phi) is 4.17. The summed E-state index contributed by atoms with van der Waals surface area (Å²) in [7, 11) is 0. The van der Waals surface area contributed by atoms with Crippen LogP contribution in [0.25, 0.3) is 10.8 Å². The summed E-state index contributed by atoms with van der Waals surface area (Å²) in [5.74, 6) is -2.01. The second-order valence-electron chi connectivity index (χ2n) is 6.11. The maximum atomic E-state index is 14.4. The first-order valence-electron chi connectivity index (χ1n) is 8.16. The van der Waals surface area contributed by atoms with E-state index in [-0.39, 0.29) is 10.7 Å². The molecule has 4 rings (SSSR count). The topological polar surface area (TPSA) is 49.8 Å². The first-order chi connectivity index (χ1) is 12.6. The average molecular weight is 372 g/mol. The van der Waals surface area contributed by atoms with Crippen molar-refractivity contribution < 1.29 is 19.0 Å². The Hall–Kier alpha value is -2.79. The monoisotopic (exact) mass is 371 g/mol. The van der Waals surface area contributed by atoms with E-state index >= 15 is 0 Å². The summed E-state index contributed by atoms with van der Waals surface area (Å²) in [4.78, 5) is 13.5. The Balaban J connectivity index is 1.83. The highest BCUT2D eigenvalue weighted by atomic mass is 35.5. The van der Waals surface area contributed by atoms with E-state index in [2.05, 4.69) is 0 Å². The van der Waals surface area contributed by atoms with Crippen LogP contribution in [0.1, 0.15) is 15.9 Å². The van der Waals surface area contributed by atoms with Crippen LogP contribution in [0.3, 0.4) is 0 Å². The zero-order valence-electron chi connectivity index (χ0n) is 13.7. The van der Waals surface area contributed by atoms with Crippen LogP contribution in [0.4, 0.5) is 10.1 Å². The van der Waals surface area contributed by atoms with Crippen molar-refractivity contribution in [2.75, 3.05) is 18.1 Å². The van der Waals surface area contributed by atoms with Crippen LogP contribution in [0.15, 0.2) is 48.5 Å². The Morgan fingerprint density at radius 2 is 2.00 bits per heavy atom. The van der Waals surface area contributed by atoms with Crippen molar-refractivity contribution in [1.82, 2.24) is 0 Å². The van der Waals surface area contributed by atoms with E-state index in [4.69, 9.17) is 16.3 Å². The summed E-state index contributed by atoms with van der Waals surface area (Å²) in [5.41, 5.74) is 0.814. The second kappa shape index (κ2) is 6.50. The van der Waals surface area contributed by atoms with Crippen molar-refractivity contribution >= 4 is 34.0 Å². The van der Waals surface area contributed by atoms with Gasteiger partial charge in [-0.25, -0.2) is 9.18 Å². The van der Waals surface area contributed by atoms with Gasteiger partial charge in [0, 0.05) is 12.6 Å². The van der Waals surface area contributed by atoms with Gasteiger partial charge < -0.3 is 14.7 Å². The number of fused-ring (bicyclic) bond motifs is 2. The minimum absolute atomic E-state index is 0.235. The van der Waals surface area contributed by atoms with Crippen molar-refractivity contribution in [1.29, 1.82) is 0 Å². The van der Waals surface area contributed by atoms with Crippen LogP contribution in [0.2, 0.25) is 5.02 Å². The number of ether oxygens (including phenoxy) is 1. The maximum absolute atomic E-state index is 14.4. The van der Waals surface area contributed by atoms with Gasteiger partial charge in [0.15, 0.2) is 5.82 Å². The fraction of sp³-hybridized carbons (Fsp3) is 0.150. The number of nitrogens with zero attached hydrogens (tertiary/aromatic N) is 1. The van der Waals surface area contributed by atoms with E-state index in [0.29, 0.717) is 25.4 Å². The number of anilines is 1. The average Bonchev–Trinajstić information content (AvgIpc) is 2.63. The van der Waals surface area contributed by atoms with E-state index in [1.54, 1.807) is 0 Å². The molecule has 0 aromatic heterocycles. The quantitative estimate of drug-likeness (QED) is 0.723. The summed E-state index contributed by atoms with van der Waals surface area (Å²) < 4.78 is 20.0. The van der Waals surface area contributed by atoms with Gasteiger partial charge in [0.05, 0.1) is 17.3 Å². The third-order valence-electron chi connectivity index (χ3n) is 4.55. The fourth-order valence-corrected chi connectivity index (χ4v) is 3.58. The van der Waals surface area contributed by atoms with Gasteiger partial charge in [0.25, 0.3) is 0 Å². The molecule has 0 spiro atoms. The third kappa shape index (κ3) is 2.74. The highest BCUT2D eigenvalue weighted by Gasteiger charge is 2.30. The normalized spacial score (nSPS) is 13.4. The zero-order valence-corrected chi connectivity index (χ0v) is 14.5. The molecule has 0 unspecified atom stereocenters. The van der Waals surface area contributed by atoms with E-state index < -0.39 is 17.3 Å². The van der Waals surface area contributed by atoms with Gasteiger partial charge in [-0.3, -0.25) is 0 Å². The molecule has 0 aliphatic carbocycles. The molecule has 4 nitrogen and oxygen atoms in total. The third-order valence-corrected chi connectivity index (χ3v) is 4.82. The molecule has 1 aliphatic heterocycles. The molecule has 0 fully saturated rings. The smallest absolute Gasteiger partial charge is 0.341 e. The highest BCUT2D eigenvalue weighted by Crippen LogP contribution is 2.41. The molecule has 1 heterocycles. The largest absolute Gasteiger partial charge is 0.489 e. The van der Waals surface area contributed by atoms with Gasteiger partial charge in [-0.15, -0.1) is 0 Å². The predicted molar refractivity (Wildman–Crippen MR) is 98.9 cm³/mol. The van der Waals surface area contributed by atoms with Crippen LogP contribution in [-0.2, 0) is 6.54 Å². The number of hydrogen-bond donors (Lipinski definition) is 1. The molecule has 26 heavy (non-hydrogen) atoms. The van der Waals surface area contributed by atoms with E-state index in [1.807, 2.05) is 47.4 Å². The van der Waals surface area contributed by atoms with Crippen molar-refractivity contribution in [3.8, 4) is 5.75 Å². The molecule has 0 amide bonds. The summed E-state index contributed by atoms with van der Waals surface area (Å²) >= 11 is 5.84. The Labute approximate surface area is 154 Å². The van der Waals surface area contributed by atoms with Crippen LogP contribution in [0.5, 0.6) is 5.75 Å². The highest BCUT2D eigenvalue weighted by molar-refractivity contribution is 6.31. The molecule has 0 radical (unpaired) electrons. The van der Waals surface area contributed by atoms with Crippen molar-refractivity contribution in [3.05, 3.63) is 70.5 Å². The van der Waals surface area contributed by atoms with E-state index in [9.17, 15) is 14.3 Å². The number of carboxylic acid groups (broad SMARTS) is 1. The number of hydrogen-bond acceptors (Lipinski definition) is 3. The number of halogens is 2. The van der Waals surface area contributed by atoms with Crippen molar-refractivity contribution in [2.24, 2.45) is 0 Å². The molecule has 6 heteroatoms. The molecule has 1 N–H and O–H groups in total. The second-order valence-corrected chi connectivity index (χ2v) is 6.51. The number of aromatic carboxylic acids is 1. The Bertz CT molecular complexity index is 1020. The van der Waals surface area contributed by atoms with Crippen LogP contribution >= 0.6 is 11.6 Å². The van der Waals surface area contributed by atoms with Crippen molar-refractivity contribution in [2.45, 2.75) is 6.54 Å². The molecule has 3 aromatic carbocycles. The van der Waals surface area contributed by atoms with Gasteiger partial charge in [-0.2, -0.15) is 0 Å². The van der Waals surface area contributed by atoms with Gasteiger partial charge in [-0.05, 0) is 16.3 Å².